The number of carbonyl (C=O) groups is 1. The molecular weight excluding hydrogens is 294 g/mol. The average Bonchev–Trinajstić information content (AvgIpc) is 2.61. The molecule has 0 unspecified atom stereocenters. The quantitative estimate of drug-likeness (QED) is 0.794. The van der Waals surface area contributed by atoms with Gasteiger partial charge in [-0.25, -0.2) is 4.98 Å². The zero-order valence-electron chi connectivity index (χ0n) is 13.0. The third-order valence-corrected chi connectivity index (χ3v) is 4.61. The Labute approximate surface area is 133 Å². The zero-order valence-corrected chi connectivity index (χ0v) is 13.0. The van der Waals surface area contributed by atoms with Crippen LogP contribution in [-0.4, -0.2) is 46.7 Å². The first-order valence-corrected chi connectivity index (χ1v) is 8.14. The van der Waals surface area contributed by atoms with Crippen molar-refractivity contribution in [3.05, 3.63) is 39.9 Å². The number of morpholine rings is 1. The lowest BCUT2D eigenvalue weighted by Crippen LogP contribution is -2.40. The Morgan fingerprint density at radius 2 is 1.96 bits per heavy atom. The van der Waals surface area contributed by atoms with E-state index in [2.05, 4.69) is 4.98 Å². The van der Waals surface area contributed by atoms with Gasteiger partial charge in [-0.1, -0.05) is 0 Å². The maximum atomic E-state index is 12.6. The van der Waals surface area contributed by atoms with E-state index in [0.29, 0.717) is 42.8 Å². The van der Waals surface area contributed by atoms with Crippen LogP contribution in [0.2, 0.25) is 0 Å². The number of aromatic nitrogens is 2. The van der Waals surface area contributed by atoms with Crippen LogP contribution in [0.15, 0.2) is 23.0 Å². The molecule has 1 amide bonds. The van der Waals surface area contributed by atoms with Crippen LogP contribution in [0.25, 0.3) is 10.9 Å². The highest BCUT2D eigenvalue weighted by molar-refractivity contribution is 5.97. The van der Waals surface area contributed by atoms with Crippen LogP contribution < -0.4 is 5.56 Å². The average molecular weight is 313 g/mol. The van der Waals surface area contributed by atoms with Crippen molar-refractivity contribution in [3.8, 4) is 0 Å². The van der Waals surface area contributed by atoms with E-state index in [0.717, 1.165) is 31.6 Å². The van der Waals surface area contributed by atoms with Gasteiger partial charge in [-0.15, -0.1) is 0 Å². The van der Waals surface area contributed by atoms with E-state index in [4.69, 9.17) is 4.74 Å². The first kappa shape index (κ1) is 14.4. The van der Waals surface area contributed by atoms with E-state index in [1.165, 1.54) is 0 Å². The van der Waals surface area contributed by atoms with E-state index < -0.39 is 0 Å². The summed E-state index contributed by atoms with van der Waals surface area (Å²) in [7, 11) is 0. The molecule has 2 aliphatic rings. The van der Waals surface area contributed by atoms with E-state index in [9.17, 15) is 9.59 Å². The van der Waals surface area contributed by atoms with Crippen molar-refractivity contribution in [2.75, 3.05) is 26.3 Å². The number of hydrogen-bond acceptors (Lipinski definition) is 4. The summed E-state index contributed by atoms with van der Waals surface area (Å²) in [6.45, 7) is 3.11. The molecule has 6 heteroatoms. The molecule has 1 saturated heterocycles. The molecule has 23 heavy (non-hydrogen) atoms. The fraction of sp³-hybridized carbons (Fsp3) is 0.471. The summed E-state index contributed by atoms with van der Waals surface area (Å²) in [6.07, 6.45) is 2.91. The fourth-order valence-corrected chi connectivity index (χ4v) is 3.32. The SMILES string of the molecule is O=C(c1ccc2c(=O)n3c(nc2c1)CCCC3)N1CCOCC1. The standard InChI is InChI=1S/C17H19N3O3/c21-16(19-7-9-23-10-8-19)12-4-5-13-14(11-12)18-15-3-1-2-6-20(15)17(13)22/h4-5,11H,1-3,6-10H2. The van der Waals surface area contributed by atoms with Gasteiger partial charge in [0.25, 0.3) is 11.5 Å². The molecule has 0 atom stereocenters. The fourth-order valence-electron chi connectivity index (χ4n) is 3.32. The van der Waals surface area contributed by atoms with Crippen molar-refractivity contribution in [3.63, 3.8) is 0 Å². The maximum Gasteiger partial charge on any atom is 0.261 e. The number of hydrogen-bond donors (Lipinski definition) is 0. The van der Waals surface area contributed by atoms with Crippen molar-refractivity contribution in [1.82, 2.24) is 14.5 Å². The molecule has 2 aliphatic heterocycles. The number of carbonyl (C=O) groups excluding carboxylic acids is 1. The number of nitrogens with zero attached hydrogens (tertiary/aromatic N) is 3. The second-order valence-electron chi connectivity index (χ2n) is 6.08. The lowest BCUT2D eigenvalue weighted by molar-refractivity contribution is 0.0303. The van der Waals surface area contributed by atoms with Gasteiger partial charge < -0.3 is 9.64 Å². The van der Waals surface area contributed by atoms with Gasteiger partial charge in [0.15, 0.2) is 0 Å². The number of amides is 1. The molecule has 1 fully saturated rings. The Morgan fingerprint density at radius 3 is 2.78 bits per heavy atom. The molecule has 0 saturated carbocycles. The van der Waals surface area contributed by atoms with Crippen molar-refractivity contribution < 1.29 is 9.53 Å². The van der Waals surface area contributed by atoms with Crippen LogP contribution in [0.1, 0.15) is 29.0 Å². The van der Waals surface area contributed by atoms with Crippen LogP contribution in [0.4, 0.5) is 0 Å². The minimum absolute atomic E-state index is 0.00933. The van der Waals surface area contributed by atoms with E-state index in [1.807, 2.05) is 0 Å². The Bertz CT molecular complexity index is 822. The predicted molar refractivity (Wildman–Crippen MR) is 85.7 cm³/mol. The summed E-state index contributed by atoms with van der Waals surface area (Å²) in [5.74, 6) is 0.819. The number of ether oxygens (including phenoxy) is 1. The van der Waals surface area contributed by atoms with Gasteiger partial charge in [0, 0.05) is 31.6 Å². The molecule has 0 N–H and O–H groups in total. The van der Waals surface area contributed by atoms with Gasteiger partial charge in [0.05, 0.1) is 24.1 Å². The van der Waals surface area contributed by atoms with Gasteiger partial charge in [0.2, 0.25) is 0 Å². The lowest BCUT2D eigenvalue weighted by Gasteiger charge is -2.27. The van der Waals surface area contributed by atoms with E-state index in [1.54, 1.807) is 27.7 Å². The molecule has 120 valence electrons. The van der Waals surface area contributed by atoms with Gasteiger partial charge in [0.1, 0.15) is 5.82 Å². The third kappa shape index (κ3) is 2.53. The van der Waals surface area contributed by atoms with Gasteiger partial charge in [-0.05, 0) is 31.0 Å². The van der Waals surface area contributed by atoms with Crippen molar-refractivity contribution in [2.45, 2.75) is 25.8 Å². The lowest BCUT2D eigenvalue weighted by atomic mass is 10.1. The first-order valence-electron chi connectivity index (χ1n) is 8.14. The zero-order chi connectivity index (χ0) is 15.8. The molecule has 0 bridgehead atoms. The number of aryl methyl sites for hydroxylation is 1. The largest absolute Gasteiger partial charge is 0.378 e. The summed E-state index contributed by atoms with van der Waals surface area (Å²) < 4.78 is 7.06. The normalized spacial score (nSPS) is 18.0. The van der Waals surface area contributed by atoms with Gasteiger partial charge >= 0.3 is 0 Å². The first-order chi connectivity index (χ1) is 11.2. The number of rotatable bonds is 1. The number of benzene rings is 1. The van der Waals surface area contributed by atoms with Crippen LogP contribution in [0.5, 0.6) is 0 Å². The molecule has 6 nitrogen and oxygen atoms in total. The monoisotopic (exact) mass is 313 g/mol. The Morgan fingerprint density at radius 1 is 1.13 bits per heavy atom. The smallest absolute Gasteiger partial charge is 0.261 e. The molecule has 2 aromatic rings. The molecule has 4 rings (SSSR count). The number of fused-ring (bicyclic) bond motifs is 2. The molecule has 1 aromatic carbocycles. The maximum absolute atomic E-state index is 12.6. The van der Waals surface area contributed by atoms with Gasteiger partial charge in [-0.2, -0.15) is 0 Å². The Balaban J connectivity index is 1.75. The summed E-state index contributed by atoms with van der Waals surface area (Å²) in [5.41, 5.74) is 1.23. The highest BCUT2D eigenvalue weighted by Crippen LogP contribution is 2.17. The Kier molecular flexibility index (Phi) is 3.61. The van der Waals surface area contributed by atoms with Crippen molar-refractivity contribution in [1.29, 1.82) is 0 Å². The summed E-state index contributed by atoms with van der Waals surface area (Å²) >= 11 is 0. The summed E-state index contributed by atoms with van der Waals surface area (Å²) in [6, 6.07) is 5.23. The van der Waals surface area contributed by atoms with Crippen LogP contribution in [-0.2, 0) is 17.7 Å². The molecule has 0 spiro atoms. The van der Waals surface area contributed by atoms with E-state index >= 15 is 0 Å². The second kappa shape index (κ2) is 5.77. The van der Waals surface area contributed by atoms with Crippen LogP contribution >= 0.6 is 0 Å². The molecule has 3 heterocycles. The topological polar surface area (TPSA) is 64.4 Å². The van der Waals surface area contributed by atoms with Gasteiger partial charge in [-0.3, -0.25) is 14.2 Å². The van der Waals surface area contributed by atoms with Crippen LogP contribution in [0, 0.1) is 0 Å². The summed E-state index contributed by atoms with van der Waals surface area (Å²) in [4.78, 5) is 31.6. The molecule has 1 aromatic heterocycles. The van der Waals surface area contributed by atoms with Crippen molar-refractivity contribution in [2.24, 2.45) is 0 Å². The van der Waals surface area contributed by atoms with Crippen molar-refractivity contribution >= 4 is 16.8 Å². The highest BCUT2D eigenvalue weighted by atomic mass is 16.5. The van der Waals surface area contributed by atoms with E-state index in [-0.39, 0.29) is 11.5 Å². The second-order valence-corrected chi connectivity index (χ2v) is 6.08. The Hall–Kier alpha value is -2.21. The summed E-state index contributed by atoms with van der Waals surface area (Å²) in [5, 5.41) is 0.592. The highest BCUT2D eigenvalue weighted by Gasteiger charge is 2.20. The minimum Gasteiger partial charge on any atom is -0.378 e. The predicted octanol–water partition coefficient (Wildman–Crippen LogP) is 1.21. The molecule has 0 radical (unpaired) electrons. The molecule has 0 aliphatic carbocycles. The third-order valence-electron chi connectivity index (χ3n) is 4.61. The minimum atomic E-state index is -0.0187. The van der Waals surface area contributed by atoms with Crippen LogP contribution in [0.3, 0.4) is 0 Å². The molecular formula is C17H19N3O3.